The van der Waals surface area contributed by atoms with Gasteiger partial charge in [-0.15, -0.1) is 0 Å². The summed E-state index contributed by atoms with van der Waals surface area (Å²) in [5.74, 6) is -0.448. The molecule has 0 bridgehead atoms. The summed E-state index contributed by atoms with van der Waals surface area (Å²) >= 11 is 0. The van der Waals surface area contributed by atoms with Crippen LogP contribution in [0.3, 0.4) is 0 Å². The predicted molar refractivity (Wildman–Crippen MR) is 47.6 cm³/mol. The Morgan fingerprint density at radius 3 is 2.79 bits per heavy atom. The Morgan fingerprint density at radius 1 is 1.64 bits per heavy atom. The first kappa shape index (κ1) is 10.9. The van der Waals surface area contributed by atoms with Crippen LogP contribution in [0.5, 0.6) is 0 Å². The molecule has 0 aromatic heterocycles. The van der Waals surface area contributed by atoms with Crippen LogP contribution in [0, 0.1) is 5.92 Å². The van der Waals surface area contributed by atoms with Gasteiger partial charge >= 0.3 is 5.97 Å². The summed E-state index contributed by atoms with van der Waals surface area (Å²) in [5.41, 5.74) is 0. The second-order valence-corrected chi connectivity index (χ2v) is 3.32. The first-order chi connectivity index (χ1) is 6.72. The van der Waals surface area contributed by atoms with E-state index in [1.165, 1.54) is 0 Å². The van der Waals surface area contributed by atoms with E-state index in [-0.39, 0.29) is 13.3 Å². The molecule has 80 valence electrons. The third-order valence-electron chi connectivity index (χ3n) is 2.07. The van der Waals surface area contributed by atoms with Gasteiger partial charge in [0.1, 0.15) is 6.73 Å². The van der Waals surface area contributed by atoms with E-state index in [0.29, 0.717) is 18.9 Å². The number of carboxylic acids is 1. The zero-order chi connectivity index (χ0) is 10.4. The van der Waals surface area contributed by atoms with Crippen molar-refractivity contribution in [2.45, 2.75) is 0 Å². The Balaban J connectivity index is 2.26. The van der Waals surface area contributed by atoms with Gasteiger partial charge in [-0.25, -0.2) is 0 Å². The highest BCUT2D eigenvalue weighted by atomic mass is 16.5. The average Bonchev–Trinajstić information content (AvgIpc) is 2.05. The summed E-state index contributed by atoms with van der Waals surface area (Å²) in [6, 6.07) is 0. The highest BCUT2D eigenvalue weighted by Crippen LogP contribution is 2.05. The van der Waals surface area contributed by atoms with Gasteiger partial charge in [0.05, 0.1) is 6.54 Å². The monoisotopic (exact) mass is 202 g/mol. The van der Waals surface area contributed by atoms with Crippen LogP contribution in [-0.2, 0) is 14.3 Å². The molecule has 1 fully saturated rings. The van der Waals surface area contributed by atoms with E-state index in [1.807, 2.05) is 0 Å². The van der Waals surface area contributed by atoms with E-state index < -0.39 is 5.97 Å². The second-order valence-electron chi connectivity index (χ2n) is 3.32. The van der Waals surface area contributed by atoms with E-state index in [2.05, 4.69) is 10.1 Å². The molecule has 0 aliphatic carbocycles. The predicted octanol–water partition coefficient (Wildman–Crippen LogP) is -1.28. The molecule has 0 radical (unpaired) electrons. The topological polar surface area (TPSA) is 78.9 Å². The van der Waals surface area contributed by atoms with Crippen molar-refractivity contribution in [1.29, 1.82) is 0 Å². The molecule has 6 nitrogen and oxygen atoms in total. The van der Waals surface area contributed by atoms with Crippen molar-refractivity contribution in [1.82, 2.24) is 10.2 Å². The van der Waals surface area contributed by atoms with Gasteiger partial charge in [-0.05, 0) is 5.92 Å². The van der Waals surface area contributed by atoms with Crippen molar-refractivity contribution in [2.24, 2.45) is 5.92 Å². The number of ether oxygens (including phenoxy) is 1. The minimum absolute atomic E-state index is 0.0479. The summed E-state index contributed by atoms with van der Waals surface area (Å²) in [7, 11) is 0. The summed E-state index contributed by atoms with van der Waals surface area (Å²) in [6.45, 7) is 2.73. The van der Waals surface area contributed by atoms with Crippen molar-refractivity contribution in [3.63, 3.8) is 0 Å². The molecule has 2 N–H and O–H groups in total. The first-order valence-electron chi connectivity index (χ1n) is 4.42. The number of carboxylic acid groups (broad SMARTS) is 1. The molecular formula is C8H14N2O4. The maximum absolute atomic E-state index is 10.5. The summed E-state index contributed by atoms with van der Waals surface area (Å²) in [6.07, 6.45) is 0. The van der Waals surface area contributed by atoms with Crippen molar-refractivity contribution >= 4 is 12.4 Å². The maximum atomic E-state index is 10.5. The lowest BCUT2D eigenvalue weighted by molar-refractivity contribution is -0.144. The van der Waals surface area contributed by atoms with Gasteiger partial charge in [0, 0.05) is 19.6 Å². The van der Waals surface area contributed by atoms with Gasteiger partial charge in [0.25, 0.3) is 6.47 Å². The van der Waals surface area contributed by atoms with Gasteiger partial charge in [-0.3, -0.25) is 14.5 Å². The van der Waals surface area contributed by atoms with Crippen LogP contribution in [0.2, 0.25) is 0 Å². The molecule has 6 heteroatoms. The van der Waals surface area contributed by atoms with Crippen LogP contribution in [0.4, 0.5) is 0 Å². The zero-order valence-electron chi connectivity index (χ0n) is 7.81. The molecule has 0 saturated carbocycles. The largest absolute Gasteiger partial charge is 0.480 e. The van der Waals surface area contributed by atoms with Crippen LogP contribution >= 0.6 is 0 Å². The Labute approximate surface area is 81.8 Å². The molecule has 14 heavy (non-hydrogen) atoms. The number of nitrogens with one attached hydrogen (secondary N) is 1. The number of hydrogen-bond acceptors (Lipinski definition) is 5. The van der Waals surface area contributed by atoms with Gasteiger partial charge in [-0.1, -0.05) is 0 Å². The normalized spacial score (nSPS) is 16.4. The van der Waals surface area contributed by atoms with Crippen LogP contribution in [-0.4, -0.2) is 55.4 Å². The summed E-state index contributed by atoms with van der Waals surface area (Å²) in [4.78, 5) is 22.0. The molecule has 1 aliphatic rings. The van der Waals surface area contributed by atoms with Gasteiger partial charge in [0.2, 0.25) is 0 Å². The van der Waals surface area contributed by atoms with Crippen LogP contribution in [0.25, 0.3) is 0 Å². The smallest absolute Gasteiger partial charge is 0.317 e. The van der Waals surface area contributed by atoms with Gasteiger partial charge in [0.15, 0.2) is 0 Å². The van der Waals surface area contributed by atoms with Gasteiger partial charge in [-0.2, -0.15) is 0 Å². The van der Waals surface area contributed by atoms with Crippen molar-refractivity contribution in [2.75, 3.05) is 32.9 Å². The molecule has 0 atom stereocenters. The van der Waals surface area contributed by atoms with Crippen LogP contribution < -0.4 is 5.32 Å². The van der Waals surface area contributed by atoms with Crippen molar-refractivity contribution in [3.05, 3.63) is 0 Å². The number of aliphatic carboxylic acids is 1. The molecule has 0 aromatic rings. The fourth-order valence-electron chi connectivity index (χ4n) is 1.33. The number of nitrogens with zero attached hydrogens (tertiary/aromatic N) is 1. The Morgan fingerprint density at radius 2 is 2.36 bits per heavy atom. The van der Waals surface area contributed by atoms with Gasteiger partial charge < -0.3 is 15.2 Å². The summed E-state index contributed by atoms with van der Waals surface area (Å²) in [5, 5.41) is 11.7. The fourth-order valence-corrected chi connectivity index (χ4v) is 1.33. The SMILES string of the molecule is O=COCN(CC(=O)O)CC1CNC1. The number of rotatable bonds is 7. The average molecular weight is 202 g/mol. The third kappa shape index (κ3) is 3.71. The third-order valence-corrected chi connectivity index (χ3v) is 2.07. The van der Waals surface area contributed by atoms with Crippen molar-refractivity contribution in [3.8, 4) is 0 Å². The van der Waals surface area contributed by atoms with E-state index in [4.69, 9.17) is 5.11 Å². The van der Waals surface area contributed by atoms with E-state index >= 15 is 0 Å². The lowest BCUT2D eigenvalue weighted by Gasteiger charge is -2.31. The zero-order valence-corrected chi connectivity index (χ0v) is 7.81. The highest BCUT2D eigenvalue weighted by molar-refractivity contribution is 5.69. The van der Waals surface area contributed by atoms with E-state index in [1.54, 1.807) is 4.90 Å². The number of carbonyl (C=O) groups is 2. The molecule has 1 heterocycles. The van der Waals surface area contributed by atoms with E-state index in [9.17, 15) is 9.59 Å². The first-order valence-corrected chi connectivity index (χ1v) is 4.42. The summed E-state index contributed by atoms with van der Waals surface area (Å²) < 4.78 is 4.53. The molecule has 0 amide bonds. The molecule has 1 aliphatic heterocycles. The lowest BCUT2D eigenvalue weighted by Crippen LogP contribution is -2.49. The minimum atomic E-state index is -0.910. The Hall–Kier alpha value is -1.14. The second kappa shape index (κ2) is 5.56. The Bertz CT molecular complexity index is 206. The highest BCUT2D eigenvalue weighted by Gasteiger charge is 2.21. The van der Waals surface area contributed by atoms with Crippen molar-refractivity contribution < 1.29 is 19.4 Å². The lowest BCUT2D eigenvalue weighted by atomic mass is 10.0. The Kier molecular flexibility index (Phi) is 4.34. The molecule has 0 unspecified atom stereocenters. The standard InChI is InChI=1S/C8H14N2O4/c11-6-14-5-10(4-8(12)13)3-7-1-9-2-7/h6-7,9H,1-5H2,(H,12,13). The van der Waals surface area contributed by atoms with Crippen LogP contribution in [0.1, 0.15) is 0 Å². The molecule has 0 aromatic carbocycles. The minimum Gasteiger partial charge on any atom is -0.480 e. The van der Waals surface area contributed by atoms with Crippen LogP contribution in [0.15, 0.2) is 0 Å². The quantitative estimate of drug-likeness (QED) is 0.395. The molecule has 1 rings (SSSR count). The maximum Gasteiger partial charge on any atom is 0.317 e. The number of carbonyl (C=O) groups excluding carboxylic acids is 1. The fraction of sp³-hybridized carbons (Fsp3) is 0.750. The molecular weight excluding hydrogens is 188 g/mol. The number of hydrogen-bond donors (Lipinski definition) is 2. The van der Waals surface area contributed by atoms with E-state index in [0.717, 1.165) is 13.1 Å². The molecule has 0 spiro atoms. The molecule has 1 saturated heterocycles.